The van der Waals surface area contributed by atoms with Crippen LogP contribution in [0.1, 0.15) is 29.2 Å². The van der Waals surface area contributed by atoms with Crippen LogP contribution in [0.15, 0.2) is 58.2 Å². The van der Waals surface area contributed by atoms with E-state index >= 15 is 0 Å². The summed E-state index contributed by atoms with van der Waals surface area (Å²) in [6, 6.07) is 13.8. The molecule has 1 aliphatic carbocycles. The number of nitro groups is 1. The van der Waals surface area contributed by atoms with E-state index in [9.17, 15) is 14.9 Å². The van der Waals surface area contributed by atoms with Crippen molar-refractivity contribution in [3.8, 4) is 28.4 Å². The highest BCUT2D eigenvalue weighted by atomic mass is 32.2. The Morgan fingerprint density at radius 2 is 1.81 bits per heavy atom. The van der Waals surface area contributed by atoms with Crippen LogP contribution >= 0.6 is 11.8 Å². The lowest BCUT2D eigenvalue weighted by Gasteiger charge is -2.20. The molecule has 0 aromatic heterocycles. The van der Waals surface area contributed by atoms with E-state index in [0.717, 1.165) is 22.3 Å². The molecule has 1 N–H and O–H groups in total. The first kappa shape index (κ1) is 25.5. The lowest BCUT2D eigenvalue weighted by Crippen LogP contribution is -2.22. The Morgan fingerprint density at radius 1 is 1.06 bits per heavy atom. The number of hydrogen-bond acceptors (Lipinski definition) is 8. The zero-order valence-electron chi connectivity index (χ0n) is 20.6. The SMILES string of the molecule is COc1cc2c(c(OC)c1OC)-c1ccc(SC)c(=O)cc1[C@@H](NCc1ccccc1[N+](=O)[O-])CC2. The molecule has 0 saturated carbocycles. The Balaban J connectivity index is 1.89. The van der Waals surface area contributed by atoms with E-state index in [0.29, 0.717) is 40.5 Å². The summed E-state index contributed by atoms with van der Waals surface area (Å²) in [5.74, 6) is 1.59. The van der Waals surface area contributed by atoms with Crippen LogP contribution in [0.2, 0.25) is 0 Å². The summed E-state index contributed by atoms with van der Waals surface area (Å²) in [4.78, 5) is 24.8. The van der Waals surface area contributed by atoms with E-state index < -0.39 is 0 Å². The molecule has 0 bridgehead atoms. The number of benzene rings is 2. The van der Waals surface area contributed by atoms with Crippen LogP contribution < -0.4 is 25.0 Å². The van der Waals surface area contributed by atoms with Gasteiger partial charge in [0.1, 0.15) is 0 Å². The summed E-state index contributed by atoms with van der Waals surface area (Å²) in [6.45, 7) is 0.281. The van der Waals surface area contributed by atoms with Gasteiger partial charge < -0.3 is 19.5 Å². The number of fused-ring (bicyclic) bond motifs is 3. The molecule has 0 fully saturated rings. The molecule has 0 aliphatic heterocycles. The van der Waals surface area contributed by atoms with Crippen molar-refractivity contribution in [3.05, 3.63) is 85.6 Å². The Hall–Kier alpha value is -3.56. The summed E-state index contributed by atoms with van der Waals surface area (Å²) in [5.41, 5.74) is 4.07. The number of hydrogen-bond donors (Lipinski definition) is 1. The molecule has 3 aromatic rings. The van der Waals surface area contributed by atoms with Crippen molar-refractivity contribution in [1.29, 1.82) is 0 Å². The number of nitrogens with zero attached hydrogens (tertiary/aromatic N) is 1. The normalized spacial score (nSPS) is 14.3. The zero-order valence-corrected chi connectivity index (χ0v) is 21.4. The van der Waals surface area contributed by atoms with Crippen molar-refractivity contribution >= 4 is 17.4 Å². The van der Waals surface area contributed by atoms with Gasteiger partial charge in [-0.2, -0.15) is 0 Å². The average molecular weight is 509 g/mol. The number of nitro benzene ring substituents is 1. The molecule has 1 atom stereocenters. The minimum absolute atomic E-state index is 0.0612. The van der Waals surface area contributed by atoms with E-state index in [4.69, 9.17) is 14.2 Å². The highest BCUT2D eigenvalue weighted by Gasteiger charge is 2.29. The highest BCUT2D eigenvalue weighted by molar-refractivity contribution is 7.98. The third-order valence-electron chi connectivity index (χ3n) is 6.45. The first-order valence-corrected chi connectivity index (χ1v) is 12.7. The fourth-order valence-corrected chi connectivity index (χ4v) is 5.21. The summed E-state index contributed by atoms with van der Waals surface area (Å²) < 4.78 is 17.1. The lowest BCUT2D eigenvalue weighted by molar-refractivity contribution is -0.385. The molecule has 0 spiro atoms. The fraction of sp³-hybridized carbons (Fsp3) is 0.296. The topological polar surface area (TPSA) is 99.9 Å². The van der Waals surface area contributed by atoms with E-state index in [1.165, 1.54) is 17.8 Å². The van der Waals surface area contributed by atoms with Crippen molar-refractivity contribution in [2.24, 2.45) is 0 Å². The predicted octanol–water partition coefficient (Wildman–Crippen LogP) is 5.15. The highest BCUT2D eigenvalue weighted by Crippen LogP contribution is 2.50. The van der Waals surface area contributed by atoms with Crippen LogP contribution in [0.25, 0.3) is 11.1 Å². The maximum absolute atomic E-state index is 13.1. The van der Waals surface area contributed by atoms with Crippen LogP contribution in [0.4, 0.5) is 5.69 Å². The fourth-order valence-electron chi connectivity index (χ4n) is 4.75. The minimum Gasteiger partial charge on any atom is -0.493 e. The van der Waals surface area contributed by atoms with Crippen molar-refractivity contribution < 1.29 is 19.1 Å². The van der Waals surface area contributed by atoms with E-state index in [1.54, 1.807) is 45.6 Å². The molecule has 0 unspecified atom stereocenters. The predicted molar refractivity (Wildman–Crippen MR) is 141 cm³/mol. The quantitative estimate of drug-likeness (QED) is 0.253. The van der Waals surface area contributed by atoms with Crippen LogP contribution in [-0.2, 0) is 13.0 Å². The number of para-hydroxylation sites is 1. The molecule has 1 aliphatic rings. The number of aryl methyl sites for hydroxylation is 1. The van der Waals surface area contributed by atoms with Crippen LogP contribution in [0, 0.1) is 10.1 Å². The average Bonchev–Trinajstić information content (AvgIpc) is 3.14. The van der Waals surface area contributed by atoms with E-state index in [-0.39, 0.29) is 28.6 Å². The van der Waals surface area contributed by atoms with Gasteiger partial charge in [0.2, 0.25) is 5.75 Å². The van der Waals surface area contributed by atoms with Crippen molar-refractivity contribution in [2.45, 2.75) is 30.3 Å². The van der Waals surface area contributed by atoms with E-state index in [2.05, 4.69) is 5.32 Å². The standard InChI is InChI=1S/C27H28N2O6S/c1-33-23-13-16-9-11-20(28-15-17-7-5-6-8-21(17)29(31)32)19-14-22(30)24(36-4)12-10-18(19)25(16)27(35-3)26(23)34-2/h5-8,10,12-14,20,28H,9,11,15H2,1-4H3/t20-/m0/s1. The monoisotopic (exact) mass is 508 g/mol. The Morgan fingerprint density at radius 3 is 2.47 bits per heavy atom. The Kier molecular flexibility index (Phi) is 7.81. The summed E-state index contributed by atoms with van der Waals surface area (Å²) >= 11 is 1.39. The smallest absolute Gasteiger partial charge is 0.273 e. The van der Waals surface area contributed by atoms with Gasteiger partial charge in [0.25, 0.3) is 5.69 Å². The first-order valence-electron chi connectivity index (χ1n) is 11.4. The number of nitrogens with one attached hydrogen (secondary N) is 1. The molecule has 3 aromatic carbocycles. The van der Waals surface area contributed by atoms with Crippen molar-refractivity contribution in [3.63, 3.8) is 0 Å². The molecule has 188 valence electrons. The molecule has 9 heteroatoms. The molecule has 0 amide bonds. The van der Waals surface area contributed by atoms with Gasteiger partial charge in [0.05, 0.1) is 31.1 Å². The van der Waals surface area contributed by atoms with Gasteiger partial charge in [0, 0.05) is 29.8 Å². The summed E-state index contributed by atoms with van der Waals surface area (Å²) in [6.07, 6.45) is 3.20. The molecule has 8 nitrogen and oxygen atoms in total. The van der Waals surface area contributed by atoms with Crippen LogP contribution in [-0.4, -0.2) is 32.5 Å². The van der Waals surface area contributed by atoms with Gasteiger partial charge in [-0.1, -0.05) is 24.3 Å². The van der Waals surface area contributed by atoms with Gasteiger partial charge in [-0.05, 0) is 54.0 Å². The van der Waals surface area contributed by atoms with Gasteiger partial charge >= 0.3 is 0 Å². The van der Waals surface area contributed by atoms with Gasteiger partial charge in [0.15, 0.2) is 16.9 Å². The minimum atomic E-state index is -0.377. The van der Waals surface area contributed by atoms with Gasteiger partial charge in [-0.3, -0.25) is 14.9 Å². The second kappa shape index (κ2) is 11.0. The number of ether oxygens (including phenoxy) is 3. The first-order chi connectivity index (χ1) is 17.4. The van der Waals surface area contributed by atoms with Gasteiger partial charge in [-0.25, -0.2) is 0 Å². The molecule has 0 saturated heterocycles. The second-order valence-electron chi connectivity index (χ2n) is 8.32. The molecule has 36 heavy (non-hydrogen) atoms. The van der Waals surface area contributed by atoms with Crippen molar-refractivity contribution in [1.82, 2.24) is 5.32 Å². The molecule has 0 heterocycles. The molecular weight excluding hydrogens is 480 g/mol. The number of rotatable bonds is 8. The maximum atomic E-state index is 13.1. The lowest BCUT2D eigenvalue weighted by atomic mass is 9.95. The largest absolute Gasteiger partial charge is 0.493 e. The third kappa shape index (κ3) is 4.76. The number of methoxy groups -OCH3 is 3. The number of thioether (sulfide) groups is 1. The summed E-state index contributed by atoms with van der Waals surface area (Å²) in [7, 11) is 4.73. The van der Waals surface area contributed by atoms with Crippen LogP contribution in [0.3, 0.4) is 0 Å². The second-order valence-corrected chi connectivity index (χ2v) is 9.16. The molecule has 4 rings (SSSR count). The van der Waals surface area contributed by atoms with Crippen molar-refractivity contribution in [2.75, 3.05) is 27.6 Å². The third-order valence-corrected chi connectivity index (χ3v) is 7.22. The Labute approximate surface area is 213 Å². The van der Waals surface area contributed by atoms with Crippen LogP contribution in [0.5, 0.6) is 17.2 Å². The van der Waals surface area contributed by atoms with Gasteiger partial charge in [-0.15, -0.1) is 11.8 Å². The molecular formula is C27H28N2O6S. The maximum Gasteiger partial charge on any atom is 0.273 e. The Bertz CT molecular complexity index is 1360. The molecule has 0 radical (unpaired) electrons. The zero-order chi connectivity index (χ0) is 25.8. The summed E-state index contributed by atoms with van der Waals surface area (Å²) in [5, 5.41) is 15.0. The van der Waals surface area contributed by atoms with E-state index in [1.807, 2.05) is 24.5 Å².